The lowest BCUT2D eigenvalue weighted by molar-refractivity contribution is -0.138. The molecule has 0 spiro atoms. The number of hydrogen-bond acceptors (Lipinski definition) is 2. The lowest BCUT2D eigenvalue weighted by Crippen LogP contribution is -2.13. The van der Waals surface area contributed by atoms with Crippen LogP contribution in [0.2, 0.25) is 0 Å². The van der Waals surface area contributed by atoms with Crippen LogP contribution in [-0.4, -0.2) is 17.6 Å². The monoisotopic (exact) mass is 273 g/mol. The molecule has 0 atom stereocenters. The number of carbonyl (C=O) groups is 1. The van der Waals surface area contributed by atoms with Crippen molar-refractivity contribution in [2.24, 2.45) is 0 Å². The van der Waals surface area contributed by atoms with Gasteiger partial charge in [0.25, 0.3) is 0 Å². The first-order valence-electron chi connectivity index (χ1n) is 5.53. The van der Waals surface area contributed by atoms with Gasteiger partial charge in [0.2, 0.25) is 0 Å². The Labute approximate surface area is 108 Å². The second-order valence-electron chi connectivity index (χ2n) is 4.23. The van der Waals surface area contributed by atoms with Crippen molar-refractivity contribution >= 4 is 11.7 Å². The van der Waals surface area contributed by atoms with Gasteiger partial charge in [-0.15, -0.1) is 0 Å². The van der Waals surface area contributed by atoms with E-state index in [-0.39, 0.29) is 0 Å². The lowest BCUT2D eigenvalue weighted by Gasteiger charge is -2.12. The van der Waals surface area contributed by atoms with Crippen molar-refractivity contribution in [3.63, 3.8) is 0 Å². The normalized spacial score (nSPS) is 11.0. The van der Waals surface area contributed by atoms with Gasteiger partial charge in [0, 0.05) is 12.2 Å². The molecule has 0 amide bonds. The van der Waals surface area contributed by atoms with Gasteiger partial charge in [0.05, 0.1) is 11.1 Å². The fourth-order valence-electron chi connectivity index (χ4n) is 1.45. The molecule has 0 unspecified atom stereocenters. The van der Waals surface area contributed by atoms with E-state index in [0.29, 0.717) is 12.2 Å². The number of allylic oxidation sites excluding steroid dienone is 1. The third-order valence-corrected chi connectivity index (χ3v) is 2.37. The van der Waals surface area contributed by atoms with Crippen LogP contribution in [-0.2, 0) is 6.18 Å². The number of carboxylic acid groups (broad SMARTS) is 1. The first-order valence-corrected chi connectivity index (χ1v) is 5.53. The molecule has 0 heterocycles. The summed E-state index contributed by atoms with van der Waals surface area (Å²) in [5, 5.41) is 11.7. The summed E-state index contributed by atoms with van der Waals surface area (Å²) in [6.07, 6.45) is -2.83. The summed E-state index contributed by atoms with van der Waals surface area (Å²) in [5.74, 6) is -1.60. The molecule has 0 aliphatic rings. The fraction of sp³-hybridized carbons (Fsp3) is 0.308. The molecule has 1 rings (SSSR count). The van der Waals surface area contributed by atoms with Crippen LogP contribution in [0.1, 0.15) is 29.8 Å². The standard InChI is InChI=1S/C13H14F3NO2/c1-8(2)5-6-17-9-3-4-11(13(14,15)16)10(7-9)12(18)19/h3-5,7,17H,6H2,1-2H3,(H,18,19). The van der Waals surface area contributed by atoms with E-state index in [1.807, 2.05) is 19.9 Å². The van der Waals surface area contributed by atoms with E-state index in [2.05, 4.69) is 5.32 Å². The van der Waals surface area contributed by atoms with E-state index in [9.17, 15) is 18.0 Å². The fourth-order valence-corrected chi connectivity index (χ4v) is 1.45. The smallest absolute Gasteiger partial charge is 0.417 e. The Balaban J connectivity index is 3.03. The summed E-state index contributed by atoms with van der Waals surface area (Å²) in [6.45, 7) is 4.20. The Kier molecular flexibility index (Phi) is 4.58. The summed E-state index contributed by atoms with van der Waals surface area (Å²) in [4.78, 5) is 10.9. The van der Waals surface area contributed by atoms with Crippen LogP contribution in [0, 0.1) is 0 Å². The third-order valence-electron chi connectivity index (χ3n) is 2.37. The highest BCUT2D eigenvalue weighted by atomic mass is 19.4. The lowest BCUT2D eigenvalue weighted by atomic mass is 10.1. The Morgan fingerprint density at radius 1 is 1.37 bits per heavy atom. The molecule has 104 valence electrons. The highest BCUT2D eigenvalue weighted by Crippen LogP contribution is 2.33. The summed E-state index contributed by atoms with van der Waals surface area (Å²) in [6, 6.07) is 2.98. The molecule has 0 radical (unpaired) electrons. The Morgan fingerprint density at radius 2 is 2.00 bits per heavy atom. The van der Waals surface area contributed by atoms with Gasteiger partial charge in [-0.25, -0.2) is 4.79 Å². The molecule has 0 saturated heterocycles. The molecule has 0 aliphatic carbocycles. The summed E-state index contributed by atoms with van der Waals surface area (Å²) in [7, 11) is 0. The van der Waals surface area contributed by atoms with Gasteiger partial charge in [-0.1, -0.05) is 11.6 Å². The number of aromatic carboxylic acids is 1. The zero-order valence-electron chi connectivity index (χ0n) is 10.5. The number of hydrogen-bond donors (Lipinski definition) is 2. The largest absolute Gasteiger partial charge is 0.478 e. The van der Waals surface area contributed by atoms with Gasteiger partial charge >= 0.3 is 12.1 Å². The van der Waals surface area contributed by atoms with E-state index in [1.165, 1.54) is 6.07 Å². The third kappa shape index (κ3) is 4.31. The van der Waals surface area contributed by atoms with Crippen LogP contribution < -0.4 is 5.32 Å². The van der Waals surface area contributed by atoms with Gasteiger partial charge in [0.15, 0.2) is 0 Å². The van der Waals surface area contributed by atoms with Crippen molar-refractivity contribution in [3.8, 4) is 0 Å². The molecule has 2 N–H and O–H groups in total. The first-order chi connectivity index (χ1) is 8.71. The van der Waals surface area contributed by atoms with E-state index < -0.39 is 23.3 Å². The van der Waals surface area contributed by atoms with Crippen molar-refractivity contribution in [1.82, 2.24) is 0 Å². The number of carboxylic acids is 1. The average molecular weight is 273 g/mol. The van der Waals surface area contributed by atoms with E-state index in [4.69, 9.17) is 5.11 Å². The Morgan fingerprint density at radius 3 is 2.47 bits per heavy atom. The molecule has 6 heteroatoms. The second-order valence-corrected chi connectivity index (χ2v) is 4.23. The topological polar surface area (TPSA) is 49.3 Å². The number of halogens is 3. The first kappa shape index (κ1) is 15.1. The van der Waals surface area contributed by atoms with Crippen molar-refractivity contribution in [2.45, 2.75) is 20.0 Å². The summed E-state index contributed by atoms with van der Waals surface area (Å²) >= 11 is 0. The Bertz CT molecular complexity index is 503. The van der Waals surface area contributed by atoms with Gasteiger partial charge in [-0.3, -0.25) is 0 Å². The maximum Gasteiger partial charge on any atom is 0.417 e. The predicted molar refractivity (Wildman–Crippen MR) is 66.3 cm³/mol. The van der Waals surface area contributed by atoms with E-state index in [1.54, 1.807) is 0 Å². The van der Waals surface area contributed by atoms with Crippen molar-refractivity contribution < 1.29 is 23.1 Å². The molecule has 0 bridgehead atoms. The van der Waals surface area contributed by atoms with Crippen LogP contribution in [0.15, 0.2) is 29.8 Å². The second kappa shape index (κ2) is 5.77. The number of anilines is 1. The number of nitrogens with one attached hydrogen (secondary N) is 1. The van der Waals surface area contributed by atoms with Gasteiger partial charge in [-0.05, 0) is 32.0 Å². The molecule has 0 saturated carbocycles. The quantitative estimate of drug-likeness (QED) is 0.821. The van der Waals surface area contributed by atoms with Crippen molar-refractivity contribution in [1.29, 1.82) is 0 Å². The van der Waals surface area contributed by atoms with Gasteiger partial charge in [-0.2, -0.15) is 13.2 Å². The van der Waals surface area contributed by atoms with Gasteiger partial charge in [0.1, 0.15) is 0 Å². The molecule has 0 fully saturated rings. The van der Waals surface area contributed by atoms with Crippen LogP contribution in [0.4, 0.5) is 18.9 Å². The number of alkyl halides is 3. The zero-order chi connectivity index (χ0) is 14.6. The number of benzene rings is 1. The predicted octanol–water partition coefficient (Wildman–Crippen LogP) is 3.78. The van der Waals surface area contributed by atoms with E-state index >= 15 is 0 Å². The molecule has 1 aromatic rings. The summed E-state index contributed by atoms with van der Waals surface area (Å²) < 4.78 is 37.8. The molecule has 1 aromatic carbocycles. The van der Waals surface area contributed by atoms with Crippen LogP contribution >= 0.6 is 0 Å². The highest BCUT2D eigenvalue weighted by Gasteiger charge is 2.35. The Hall–Kier alpha value is -1.98. The van der Waals surface area contributed by atoms with Crippen LogP contribution in [0.3, 0.4) is 0 Å². The molecule has 0 aromatic heterocycles. The van der Waals surface area contributed by atoms with Crippen molar-refractivity contribution in [3.05, 3.63) is 41.0 Å². The maximum atomic E-state index is 12.6. The number of rotatable bonds is 4. The van der Waals surface area contributed by atoms with Crippen LogP contribution in [0.5, 0.6) is 0 Å². The minimum absolute atomic E-state index is 0.336. The van der Waals surface area contributed by atoms with Crippen LogP contribution in [0.25, 0.3) is 0 Å². The van der Waals surface area contributed by atoms with Crippen molar-refractivity contribution in [2.75, 3.05) is 11.9 Å². The molecule has 0 aliphatic heterocycles. The molecule has 19 heavy (non-hydrogen) atoms. The zero-order valence-corrected chi connectivity index (χ0v) is 10.5. The highest BCUT2D eigenvalue weighted by molar-refractivity contribution is 5.91. The molecular formula is C13H14F3NO2. The van der Waals surface area contributed by atoms with Gasteiger partial charge < -0.3 is 10.4 Å². The minimum atomic E-state index is -4.67. The average Bonchev–Trinajstić information content (AvgIpc) is 2.26. The van der Waals surface area contributed by atoms with E-state index in [0.717, 1.165) is 17.7 Å². The maximum absolute atomic E-state index is 12.6. The SMILES string of the molecule is CC(C)=CCNc1ccc(C(F)(F)F)c(C(=O)O)c1. The molecular weight excluding hydrogens is 259 g/mol. The molecule has 3 nitrogen and oxygen atoms in total. The minimum Gasteiger partial charge on any atom is -0.478 e. The summed E-state index contributed by atoms with van der Waals surface area (Å²) in [5.41, 5.74) is -0.511.